The molecule has 1 aromatic carbocycles. The van der Waals surface area contributed by atoms with Crippen molar-refractivity contribution in [2.24, 2.45) is 5.92 Å². The number of benzene rings is 1. The standard InChI is InChI=1S/C18H23N3O6S2/c1-19-28(23,24)17-8-7-16(27-17)18(22)20-13-14-9-11-21(12-10-14)29(25,26)15-5-3-2-4-6-15/h2-8,14,19H,9-13H2,1H3,(H,20,22). The predicted octanol–water partition coefficient (Wildman–Crippen LogP) is 1.02. The van der Waals surface area contributed by atoms with E-state index in [0.717, 1.165) is 0 Å². The van der Waals surface area contributed by atoms with Crippen LogP contribution in [0, 0.1) is 5.92 Å². The molecule has 0 saturated carbocycles. The summed E-state index contributed by atoms with van der Waals surface area (Å²) in [6, 6.07) is 10.8. The average molecular weight is 442 g/mol. The Bertz CT molecular complexity index is 1060. The van der Waals surface area contributed by atoms with E-state index in [1.54, 1.807) is 30.3 Å². The van der Waals surface area contributed by atoms with Gasteiger partial charge >= 0.3 is 0 Å². The van der Waals surface area contributed by atoms with E-state index in [9.17, 15) is 21.6 Å². The number of piperidine rings is 1. The molecule has 0 aliphatic carbocycles. The van der Waals surface area contributed by atoms with Crippen LogP contribution in [-0.2, 0) is 20.0 Å². The van der Waals surface area contributed by atoms with Gasteiger partial charge in [0.05, 0.1) is 4.90 Å². The molecule has 1 fully saturated rings. The molecule has 0 radical (unpaired) electrons. The lowest BCUT2D eigenvalue weighted by molar-refractivity contribution is 0.0908. The first-order valence-electron chi connectivity index (χ1n) is 9.11. The fourth-order valence-electron chi connectivity index (χ4n) is 3.11. The maximum absolute atomic E-state index is 12.6. The first-order chi connectivity index (χ1) is 13.7. The Hall–Kier alpha value is -2.21. The van der Waals surface area contributed by atoms with Crippen LogP contribution in [0.4, 0.5) is 0 Å². The summed E-state index contributed by atoms with van der Waals surface area (Å²) in [5, 5.41) is 2.39. The van der Waals surface area contributed by atoms with Gasteiger partial charge in [-0.3, -0.25) is 4.79 Å². The van der Waals surface area contributed by atoms with Crippen LogP contribution < -0.4 is 10.0 Å². The minimum absolute atomic E-state index is 0.0945. The molecule has 158 valence electrons. The molecular weight excluding hydrogens is 418 g/mol. The van der Waals surface area contributed by atoms with E-state index in [4.69, 9.17) is 4.42 Å². The van der Waals surface area contributed by atoms with Gasteiger partial charge < -0.3 is 9.73 Å². The zero-order valence-corrected chi connectivity index (χ0v) is 17.5. The number of rotatable bonds is 7. The average Bonchev–Trinajstić information content (AvgIpc) is 3.24. The van der Waals surface area contributed by atoms with Crippen LogP contribution in [0.2, 0.25) is 0 Å². The van der Waals surface area contributed by atoms with Gasteiger partial charge in [0.2, 0.25) is 15.1 Å². The van der Waals surface area contributed by atoms with Crippen molar-refractivity contribution in [3.8, 4) is 0 Å². The van der Waals surface area contributed by atoms with E-state index >= 15 is 0 Å². The fraction of sp³-hybridized carbons (Fsp3) is 0.389. The molecule has 29 heavy (non-hydrogen) atoms. The number of hydrogen-bond acceptors (Lipinski definition) is 6. The largest absolute Gasteiger partial charge is 0.438 e. The highest BCUT2D eigenvalue weighted by atomic mass is 32.2. The van der Waals surface area contributed by atoms with Crippen molar-refractivity contribution < 1.29 is 26.0 Å². The summed E-state index contributed by atoms with van der Waals surface area (Å²) in [4.78, 5) is 12.5. The Morgan fingerprint density at radius 1 is 1.07 bits per heavy atom. The molecular formula is C18H23N3O6S2. The highest BCUT2D eigenvalue weighted by Gasteiger charge is 2.29. The first-order valence-corrected chi connectivity index (χ1v) is 12.0. The SMILES string of the molecule is CNS(=O)(=O)c1ccc(C(=O)NCC2CCN(S(=O)(=O)c3ccccc3)CC2)o1. The third kappa shape index (κ3) is 4.86. The minimum atomic E-state index is -3.75. The highest BCUT2D eigenvalue weighted by Crippen LogP contribution is 2.23. The molecule has 1 amide bonds. The third-order valence-corrected chi connectivity index (χ3v) is 8.04. The number of nitrogens with zero attached hydrogens (tertiary/aromatic N) is 1. The van der Waals surface area contributed by atoms with E-state index < -0.39 is 26.0 Å². The molecule has 0 atom stereocenters. The zero-order valence-electron chi connectivity index (χ0n) is 15.9. The molecule has 3 rings (SSSR count). The van der Waals surface area contributed by atoms with Crippen LogP contribution in [0.15, 0.2) is 56.9 Å². The molecule has 1 saturated heterocycles. The van der Waals surface area contributed by atoms with Gasteiger partial charge in [0, 0.05) is 19.6 Å². The van der Waals surface area contributed by atoms with Gasteiger partial charge in [-0.05, 0) is 50.1 Å². The number of furan rings is 1. The molecule has 1 aromatic heterocycles. The molecule has 2 aromatic rings. The van der Waals surface area contributed by atoms with E-state index in [-0.39, 0.29) is 21.7 Å². The van der Waals surface area contributed by atoms with E-state index in [0.29, 0.717) is 32.5 Å². The Morgan fingerprint density at radius 2 is 1.72 bits per heavy atom. The molecule has 2 N–H and O–H groups in total. The number of carbonyl (C=O) groups excluding carboxylic acids is 1. The first kappa shape index (κ1) is 21.5. The molecule has 11 heteroatoms. The fourth-order valence-corrected chi connectivity index (χ4v) is 5.25. The lowest BCUT2D eigenvalue weighted by atomic mass is 9.98. The normalized spacial score (nSPS) is 16.6. The third-order valence-electron chi connectivity index (χ3n) is 4.84. The second-order valence-corrected chi connectivity index (χ2v) is 10.5. The van der Waals surface area contributed by atoms with Crippen molar-refractivity contribution in [1.82, 2.24) is 14.3 Å². The summed E-state index contributed by atoms with van der Waals surface area (Å²) in [6.07, 6.45) is 1.23. The van der Waals surface area contributed by atoms with Crippen LogP contribution in [-0.4, -0.2) is 53.7 Å². The van der Waals surface area contributed by atoms with Crippen molar-refractivity contribution in [1.29, 1.82) is 0 Å². The number of carbonyl (C=O) groups is 1. The Labute approximate surface area is 170 Å². The Morgan fingerprint density at radius 3 is 2.34 bits per heavy atom. The van der Waals surface area contributed by atoms with Crippen LogP contribution >= 0.6 is 0 Å². The topological polar surface area (TPSA) is 126 Å². The van der Waals surface area contributed by atoms with Gasteiger partial charge in [-0.2, -0.15) is 4.31 Å². The quantitative estimate of drug-likeness (QED) is 0.661. The highest BCUT2D eigenvalue weighted by molar-refractivity contribution is 7.89. The predicted molar refractivity (Wildman–Crippen MR) is 105 cm³/mol. The van der Waals surface area contributed by atoms with Crippen LogP contribution in [0.25, 0.3) is 0 Å². The van der Waals surface area contributed by atoms with Gasteiger partial charge in [-0.25, -0.2) is 21.6 Å². The van der Waals surface area contributed by atoms with Gasteiger partial charge in [0.1, 0.15) is 0 Å². The lowest BCUT2D eigenvalue weighted by Crippen LogP contribution is -2.41. The number of sulfonamides is 2. The molecule has 1 aliphatic heterocycles. The maximum atomic E-state index is 12.6. The second-order valence-electron chi connectivity index (χ2n) is 6.70. The maximum Gasteiger partial charge on any atom is 0.287 e. The van der Waals surface area contributed by atoms with Crippen molar-refractivity contribution in [2.45, 2.75) is 22.8 Å². The van der Waals surface area contributed by atoms with Crippen LogP contribution in [0.1, 0.15) is 23.4 Å². The van der Waals surface area contributed by atoms with Gasteiger partial charge in [0.25, 0.3) is 15.9 Å². The van der Waals surface area contributed by atoms with Crippen molar-refractivity contribution in [2.75, 3.05) is 26.7 Å². The van der Waals surface area contributed by atoms with Crippen molar-refractivity contribution >= 4 is 26.0 Å². The van der Waals surface area contributed by atoms with Gasteiger partial charge in [-0.15, -0.1) is 0 Å². The molecule has 2 heterocycles. The number of hydrogen-bond donors (Lipinski definition) is 2. The Kier molecular flexibility index (Phi) is 6.42. The summed E-state index contributed by atoms with van der Waals surface area (Å²) in [6.45, 7) is 1.11. The van der Waals surface area contributed by atoms with Crippen LogP contribution in [0.3, 0.4) is 0 Å². The van der Waals surface area contributed by atoms with E-state index in [1.165, 1.54) is 23.5 Å². The van der Waals surface area contributed by atoms with Crippen LogP contribution in [0.5, 0.6) is 0 Å². The summed E-state index contributed by atoms with van der Waals surface area (Å²) < 4.78 is 57.3. The minimum Gasteiger partial charge on any atom is -0.438 e. The zero-order chi connectivity index (χ0) is 21.1. The molecule has 9 nitrogen and oxygen atoms in total. The smallest absolute Gasteiger partial charge is 0.287 e. The molecule has 0 spiro atoms. The van der Waals surface area contributed by atoms with Crippen molar-refractivity contribution in [3.63, 3.8) is 0 Å². The van der Waals surface area contributed by atoms with Crippen molar-refractivity contribution in [3.05, 3.63) is 48.2 Å². The summed E-state index contributed by atoms with van der Waals surface area (Å²) in [5.41, 5.74) is 0. The molecule has 0 unspecified atom stereocenters. The van der Waals surface area contributed by atoms with Gasteiger partial charge in [0.15, 0.2) is 5.76 Å². The molecule has 0 bridgehead atoms. The van der Waals surface area contributed by atoms with E-state index in [2.05, 4.69) is 10.0 Å². The summed E-state index contributed by atoms with van der Waals surface area (Å²) in [7, 11) is -6.00. The lowest BCUT2D eigenvalue weighted by Gasteiger charge is -2.31. The number of nitrogens with one attached hydrogen (secondary N) is 2. The Balaban J connectivity index is 1.52. The molecule has 1 aliphatic rings. The monoisotopic (exact) mass is 441 g/mol. The number of amides is 1. The summed E-state index contributed by atoms with van der Waals surface area (Å²) in [5.74, 6) is -0.485. The summed E-state index contributed by atoms with van der Waals surface area (Å²) >= 11 is 0. The van der Waals surface area contributed by atoms with E-state index in [1.807, 2.05) is 0 Å². The second kappa shape index (κ2) is 8.66. The van der Waals surface area contributed by atoms with Gasteiger partial charge in [-0.1, -0.05) is 18.2 Å².